The standard InChI is InChI=1S/C14H25NO/c1-11(2)9-15(13-5-3-4-6-13)10-14(16)12-7-8-12/h11-13H,3-10H2,1-2H3. The van der Waals surface area contributed by atoms with E-state index in [1.54, 1.807) is 0 Å². The monoisotopic (exact) mass is 223 g/mol. The molecule has 0 aromatic heterocycles. The van der Waals surface area contributed by atoms with Crippen LogP contribution in [0.4, 0.5) is 0 Å². The van der Waals surface area contributed by atoms with E-state index in [1.807, 2.05) is 0 Å². The quantitative estimate of drug-likeness (QED) is 0.690. The van der Waals surface area contributed by atoms with Crippen LogP contribution in [-0.4, -0.2) is 29.8 Å². The fraction of sp³-hybridized carbons (Fsp3) is 0.929. The first kappa shape index (κ1) is 12.1. The molecule has 2 nitrogen and oxygen atoms in total. The molecule has 0 saturated heterocycles. The van der Waals surface area contributed by atoms with Crippen molar-refractivity contribution in [1.82, 2.24) is 4.90 Å². The van der Waals surface area contributed by atoms with Gasteiger partial charge < -0.3 is 0 Å². The fourth-order valence-electron chi connectivity index (χ4n) is 2.82. The van der Waals surface area contributed by atoms with Gasteiger partial charge in [0, 0.05) is 18.5 Å². The molecule has 0 N–H and O–H groups in total. The smallest absolute Gasteiger partial charge is 0.149 e. The SMILES string of the molecule is CC(C)CN(CC(=O)C1CC1)C1CCCC1. The third kappa shape index (κ3) is 3.31. The van der Waals surface area contributed by atoms with Crippen molar-refractivity contribution in [3.63, 3.8) is 0 Å². The van der Waals surface area contributed by atoms with Gasteiger partial charge in [-0.25, -0.2) is 0 Å². The third-order valence-corrected chi connectivity index (χ3v) is 3.83. The number of Topliss-reactive ketones (excluding diaryl/α,β-unsaturated/α-hetero) is 1. The van der Waals surface area contributed by atoms with Crippen molar-refractivity contribution < 1.29 is 4.79 Å². The second-order valence-electron chi connectivity index (χ2n) is 6.00. The van der Waals surface area contributed by atoms with Crippen LogP contribution in [0, 0.1) is 11.8 Å². The highest BCUT2D eigenvalue weighted by atomic mass is 16.1. The summed E-state index contributed by atoms with van der Waals surface area (Å²) in [6.07, 6.45) is 7.64. The average Bonchev–Trinajstić information content (AvgIpc) is 2.92. The highest BCUT2D eigenvalue weighted by Gasteiger charge is 2.32. The summed E-state index contributed by atoms with van der Waals surface area (Å²) in [6, 6.07) is 0.699. The molecule has 0 unspecified atom stereocenters. The molecule has 0 aromatic rings. The molecule has 2 heteroatoms. The molecule has 2 aliphatic carbocycles. The zero-order chi connectivity index (χ0) is 11.5. The van der Waals surface area contributed by atoms with Crippen LogP contribution in [0.3, 0.4) is 0 Å². The van der Waals surface area contributed by atoms with E-state index >= 15 is 0 Å². The van der Waals surface area contributed by atoms with Gasteiger partial charge in [0.1, 0.15) is 5.78 Å². The van der Waals surface area contributed by atoms with Crippen molar-refractivity contribution in [2.24, 2.45) is 11.8 Å². The molecule has 0 aliphatic heterocycles. The topological polar surface area (TPSA) is 20.3 Å². The maximum Gasteiger partial charge on any atom is 0.149 e. The molecular formula is C14H25NO. The molecule has 2 fully saturated rings. The van der Waals surface area contributed by atoms with E-state index < -0.39 is 0 Å². The number of carbonyl (C=O) groups excluding carboxylic acids is 1. The van der Waals surface area contributed by atoms with Gasteiger partial charge in [0.2, 0.25) is 0 Å². The summed E-state index contributed by atoms with van der Waals surface area (Å²) in [6.45, 7) is 6.34. The lowest BCUT2D eigenvalue weighted by atomic mass is 10.1. The van der Waals surface area contributed by atoms with Crippen molar-refractivity contribution in [2.75, 3.05) is 13.1 Å². The Morgan fingerprint density at radius 2 is 1.81 bits per heavy atom. The van der Waals surface area contributed by atoms with Crippen LogP contribution < -0.4 is 0 Å². The first-order chi connectivity index (χ1) is 7.66. The number of nitrogens with zero attached hydrogens (tertiary/aromatic N) is 1. The van der Waals surface area contributed by atoms with Crippen LogP contribution in [0.25, 0.3) is 0 Å². The second kappa shape index (κ2) is 5.31. The van der Waals surface area contributed by atoms with E-state index in [9.17, 15) is 4.79 Å². The average molecular weight is 223 g/mol. The Balaban J connectivity index is 1.87. The molecule has 92 valence electrons. The fourth-order valence-corrected chi connectivity index (χ4v) is 2.82. The van der Waals surface area contributed by atoms with Gasteiger partial charge >= 0.3 is 0 Å². The molecular weight excluding hydrogens is 198 g/mol. The van der Waals surface area contributed by atoms with Gasteiger partial charge in [0.25, 0.3) is 0 Å². The Hall–Kier alpha value is -0.370. The molecule has 0 radical (unpaired) electrons. The van der Waals surface area contributed by atoms with Gasteiger partial charge in [0.15, 0.2) is 0 Å². The molecule has 0 spiro atoms. The van der Waals surface area contributed by atoms with Gasteiger partial charge in [-0.1, -0.05) is 26.7 Å². The van der Waals surface area contributed by atoms with Crippen molar-refractivity contribution in [2.45, 2.75) is 58.4 Å². The molecule has 2 saturated carbocycles. The summed E-state index contributed by atoms with van der Waals surface area (Å²) in [5, 5.41) is 0. The lowest BCUT2D eigenvalue weighted by molar-refractivity contribution is -0.122. The Kier molecular flexibility index (Phi) is 4.01. The van der Waals surface area contributed by atoms with E-state index in [2.05, 4.69) is 18.7 Å². The van der Waals surface area contributed by atoms with Crippen molar-refractivity contribution >= 4 is 5.78 Å². The summed E-state index contributed by atoms with van der Waals surface area (Å²) in [7, 11) is 0. The lowest BCUT2D eigenvalue weighted by Crippen LogP contribution is -2.40. The third-order valence-electron chi connectivity index (χ3n) is 3.83. The molecule has 0 bridgehead atoms. The number of rotatable bonds is 6. The summed E-state index contributed by atoms with van der Waals surface area (Å²) < 4.78 is 0. The van der Waals surface area contributed by atoms with Crippen LogP contribution in [-0.2, 0) is 4.79 Å². The largest absolute Gasteiger partial charge is 0.298 e. The number of hydrogen-bond donors (Lipinski definition) is 0. The van der Waals surface area contributed by atoms with Crippen LogP contribution in [0.15, 0.2) is 0 Å². The highest BCUT2D eigenvalue weighted by Crippen LogP contribution is 2.31. The zero-order valence-electron chi connectivity index (χ0n) is 10.7. The zero-order valence-corrected chi connectivity index (χ0v) is 10.7. The summed E-state index contributed by atoms with van der Waals surface area (Å²) in [5.74, 6) is 1.61. The van der Waals surface area contributed by atoms with E-state index in [4.69, 9.17) is 0 Å². The normalized spacial score (nSPS) is 22.2. The number of hydrogen-bond acceptors (Lipinski definition) is 2. The van der Waals surface area contributed by atoms with Crippen LogP contribution in [0.2, 0.25) is 0 Å². The number of ketones is 1. The van der Waals surface area contributed by atoms with E-state index in [-0.39, 0.29) is 0 Å². The van der Waals surface area contributed by atoms with E-state index in [0.717, 1.165) is 25.9 Å². The van der Waals surface area contributed by atoms with Crippen molar-refractivity contribution in [3.8, 4) is 0 Å². The minimum atomic E-state index is 0.427. The van der Waals surface area contributed by atoms with Gasteiger partial charge in [-0.15, -0.1) is 0 Å². The molecule has 16 heavy (non-hydrogen) atoms. The highest BCUT2D eigenvalue weighted by molar-refractivity contribution is 5.85. The molecule has 0 aromatic carbocycles. The Morgan fingerprint density at radius 3 is 2.31 bits per heavy atom. The van der Waals surface area contributed by atoms with Gasteiger partial charge in [-0.2, -0.15) is 0 Å². The predicted molar refractivity (Wildman–Crippen MR) is 66.4 cm³/mol. The first-order valence-corrected chi connectivity index (χ1v) is 6.93. The Morgan fingerprint density at radius 1 is 1.19 bits per heavy atom. The van der Waals surface area contributed by atoms with Crippen molar-refractivity contribution in [3.05, 3.63) is 0 Å². The van der Waals surface area contributed by atoms with Gasteiger partial charge in [0.05, 0.1) is 6.54 Å². The summed E-state index contributed by atoms with van der Waals surface area (Å²) in [4.78, 5) is 14.4. The van der Waals surface area contributed by atoms with Gasteiger partial charge in [-0.05, 0) is 31.6 Å². The van der Waals surface area contributed by atoms with Crippen LogP contribution >= 0.6 is 0 Å². The Bertz CT molecular complexity index is 239. The van der Waals surface area contributed by atoms with Crippen molar-refractivity contribution in [1.29, 1.82) is 0 Å². The van der Waals surface area contributed by atoms with E-state index in [0.29, 0.717) is 23.7 Å². The lowest BCUT2D eigenvalue weighted by Gasteiger charge is -2.29. The van der Waals surface area contributed by atoms with Crippen LogP contribution in [0.1, 0.15) is 52.4 Å². The molecule has 0 heterocycles. The maximum atomic E-state index is 11.9. The maximum absolute atomic E-state index is 11.9. The minimum Gasteiger partial charge on any atom is -0.298 e. The second-order valence-corrected chi connectivity index (χ2v) is 6.00. The van der Waals surface area contributed by atoms with Crippen LogP contribution in [0.5, 0.6) is 0 Å². The van der Waals surface area contributed by atoms with Gasteiger partial charge in [-0.3, -0.25) is 9.69 Å². The predicted octanol–water partition coefficient (Wildman–Crippen LogP) is 2.87. The molecule has 2 aliphatic rings. The summed E-state index contributed by atoms with van der Waals surface area (Å²) >= 11 is 0. The molecule has 2 rings (SSSR count). The van der Waals surface area contributed by atoms with E-state index in [1.165, 1.54) is 25.7 Å². The number of carbonyl (C=O) groups is 1. The minimum absolute atomic E-state index is 0.427. The summed E-state index contributed by atoms with van der Waals surface area (Å²) in [5.41, 5.74) is 0. The molecule has 0 amide bonds. The first-order valence-electron chi connectivity index (χ1n) is 6.93. The Labute approximate surface area is 99.4 Å². The molecule has 0 atom stereocenters.